The number of carbonyl (C=O) groups excluding carboxylic acids is 4. The second-order valence-corrected chi connectivity index (χ2v) is 11.7. The van der Waals surface area contributed by atoms with Crippen molar-refractivity contribution in [1.29, 1.82) is 0 Å². The molecule has 1 fully saturated rings. The molecule has 1 heterocycles. The molecule has 56 heavy (non-hydrogen) atoms. The molecule has 0 aliphatic carbocycles. The average molecular weight is 789 g/mol. The highest BCUT2D eigenvalue weighted by atomic mass is 16.7. The van der Waals surface area contributed by atoms with E-state index in [1.165, 1.54) is 0 Å². The minimum Gasteiger partial charge on any atom is -0.504 e. The summed E-state index contributed by atoms with van der Waals surface area (Å²) in [6.07, 6.45) is -11.2. The Morgan fingerprint density at radius 1 is 0.429 bits per heavy atom. The SMILES string of the molecule is O=C(OCC1O[C@H](O)[C@H](OC(=O)c2cc(O)c(O)c(O)c2)C(OC(=O)c2cc(O)c(O)c(O)c2)[C@@H]1OC(=O)c1cc(O)c(O)c(O)c1)c1cc(O)c(O)c(O)c1. The summed E-state index contributed by atoms with van der Waals surface area (Å²) in [5.74, 6) is -18.2. The van der Waals surface area contributed by atoms with Crippen molar-refractivity contribution in [3.63, 3.8) is 0 Å². The summed E-state index contributed by atoms with van der Waals surface area (Å²) in [5, 5.41) is 129. The molecule has 0 saturated carbocycles. The van der Waals surface area contributed by atoms with Gasteiger partial charge in [0.25, 0.3) is 0 Å². The van der Waals surface area contributed by atoms with Gasteiger partial charge in [0.2, 0.25) is 0 Å². The number of hydrogen-bond donors (Lipinski definition) is 13. The maximum atomic E-state index is 13.5. The number of benzene rings is 4. The molecule has 5 atom stereocenters. The van der Waals surface area contributed by atoms with Gasteiger partial charge in [-0.3, -0.25) is 0 Å². The fourth-order valence-corrected chi connectivity index (χ4v) is 5.14. The maximum absolute atomic E-state index is 13.5. The van der Waals surface area contributed by atoms with Gasteiger partial charge in [-0.05, 0) is 48.5 Å². The van der Waals surface area contributed by atoms with E-state index in [0.717, 1.165) is 0 Å². The number of carbonyl (C=O) groups is 4. The summed E-state index contributed by atoms with van der Waals surface area (Å²) in [6, 6.07) is 4.99. The van der Waals surface area contributed by atoms with Crippen molar-refractivity contribution in [1.82, 2.24) is 0 Å². The van der Waals surface area contributed by atoms with Gasteiger partial charge >= 0.3 is 23.9 Å². The average Bonchev–Trinajstić information content (AvgIpc) is 3.14. The highest BCUT2D eigenvalue weighted by Gasteiger charge is 2.53. The van der Waals surface area contributed by atoms with Crippen molar-refractivity contribution >= 4 is 23.9 Å². The lowest BCUT2D eigenvalue weighted by atomic mass is 9.97. The fourth-order valence-electron chi connectivity index (χ4n) is 5.14. The van der Waals surface area contributed by atoms with Crippen molar-refractivity contribution in [3.8, 4) is 69.0 Å². The van der Waals surface area contributed by atoms with Crippen molar-refractivity contribution in [2.24, 2.45) is 0 Å². The molecular weight excluding hydrogens is 760 g/mol. The number of aliphatic hydroxyl groups excluding tert-OH is 1. The Bertz CT molecular complexity index is 2140. The molecule has 296 valence electrons. The summed E-state index contributed by atoms with van der Waals surface area (Å²) in [5.41, 5.74) is -2.68. The maximum Gasteiger partial charge on any atom is 0.339 e. The van der Waals surface area contributed by atoms with E-state index < -0.39 is 152 Å². The molecule has 0 amide bonds. The van der Waals surface area contributed by atoms with E-state index in [4.69, 9.17) is 23.7 Å². The summed E-state index contributed by atoms with van der Waals surface area (Å²) in [4.78, 5) is 53.1. The third kappa shape index (κ3) is 7.95. The summed E-state index contributed by atoms with van der Waals surface area (Å²) in [7, 11) is 0. The first-order chi connectivity index (χ1) is 26.3. The van der Waals surface area contributed by atoms with Crippen molar-refractivity contribution in [2.75, 3.05) is 6.61 Å². The van der Waals surface area contributed by atoms with Gasteiger partial charge in [-0.25, -0.2) is 19.2 Å². The molecule has 22 nitrogen and oxygen atoms in total. The first-order valence-electron chi connectivity index (χ1n) is 15.4. The van der Waals surface area contributed by atoms with Gasteiger partial charge in [0, 0.05) is 0 Å². The molecule has 0 spiro atoms. The monoisotopic (exact) mass is 788 g/mol. The molecule has 5 rings (SSSR count). The Labute approximate surface area is 310 Å². The molecule has 0 aromatic heterocycles. The lowest BCUT2D eigenvalue weighted by molar-refractivity contribution is -0.284. The standard InChI is InChI=1S/C34H28O22/c35-14-1-10(2-15(36)23(14)43)30(47)52-9-22-27(54-31(48)11-3-16(37)24(44)17(38)4-11)28(55-32(49)12-5-18(39)25(45)19(40)6-12)29(34(51)53-22)56-33(50)13-7-20(41)26(46)21(42)8-13/h1-8,22,27-29,34-46,51H,9H2/t22?,27-,28?,29-,34+/m1/s1. The Morgan fingerprint density at radius 3 is 1.02 bits per heavy atom. The van der Waals surface area contributed by atoms with Gasteiger partial charge in [-0.15, -0.1) is 0 Å². The van der Waals surface area contributed by atoms with Crippen LogP contribution in [-0.4, -0.2) is 128 Å². The molecule has 0 radical (unpaired) electrons. The highest BCUT2D eigenvalue weighted by Crippen LogP contribution is 2.40. The van der Waals surface area contributed by atoms with Crippen molar-refractivity contribution in [2.45, 2.75) is 30.7 Å². The fraction of sp³-hybridized carbons (Fsp3) is 0.176. The van der Waals surface area contributed by atoms with Crippen LogP contribution < -0.4 is 0 Å². The lowest BCUT2D eigenvalue weighted by Gasteiger charge is -2.42. The molecule has 0 bridgehead atoms. The Balaban J connectivity index is 1.57. The van der Waals surface area contributed by atoms with Crippen LogP contribution >= 0.6 is 0 Å². The Kier molecular flexibility index (Phi) is 10.8. The predicted octanol–water partition coefficient (Wildman–Crippen LogP) is 0.705. The van der Waals surface area contributed by atoms with Crippen LogP contribution in [0.25, 0.3) is 0 Å². The van der Waals surface area contributed by atoms with E-state index in [-0.39, 0.29) is 0 Å². The van der Waals surface area contributed by atoms with Crippen LogP contribution in [0, 0.1) is 0 Å². The third-order valence-corrected chi connectivity index (χ3v) is 7.94. The van der Waals surface area contributed by atoms with E-state index in [9.17, 15) is 85.6 Å². The zero-order valence-corrected chi connectivity index (χ0v) is 27.7. The van der Waals surface area contributed by atoms with Crippen LogP contribution in [0.2, 0.25) is 0 Å². The second-order valence-electron chi connectivity index (χ2n) is 11.7. The highest BCUT2D eigenvalue weighted by molar-refractivity contribution is 5.93. The number of ether oxygens (including phenoxy) is 5. The molecule has 4 aromatic rings. The van der Waals surface area contributed by atoms with Crippen LogP contribution in [0.15, 0.2) is 48.5 Å². The summed E-state index contributed by atoms with van der Waals surface area (Å²) < 4.78 is 26.8. The van der Waals surface area contributed by atoms with Crippen LogP contribution in [0.5, 0.6) is 69.0 Å². The first-order valence-corrected chi connectivity index (χ1v) is 15.4. The molecule has 13 N–H and O–H groups in total. The first kappa shape index (κ1) is 39.5. The summed E-state index contributed by atoms with van der Waals surface area (Å²) in [6.45, 7) is -1.09. The van der Waals surface area contributed by atoms with Gasteiger partial charge in [-0.1, -0.05) is 0 Å². The number of hydrogen-bond acceptors (Lipinski definition) is 22. The van der Waals surface area contributed by atoms with E-state index in [1.54, 1.807) is 0 Å². The van der Waals surface area contributed by atoms with Gasteiger partial charge in [0.15, 0.2) is 93.6 Å². The largest absolute Gasteiger partial charge is 0.504 e. The predicted molar refractivity (Wildman–Crippen MR) is 175 cm³/mol. The van der Waals surface area contributed by atoms with Crippen molar-refractivity contribution < 1.29 is 109 Å². The number of esters is 4. The topological polar surface area (TPSA) is 377 Å². The van der Waals surface area contributed by atoms with E-state index >= 15 is 0 Å². The van der Waals surface area contributed by atoms with Gasteiger partial charge < -0.3 is 90.1 Å². The number of aromatic hydroxyl groups is 12. The van der Waals surface area contributed by atoms with Gasteiger partial charge in [0.1, 0.15) is 12.7 Å². The number of phenolic OH excluding ortho intramolecular Hbond substituents is 12. The quantitative estimate of drug-likeness (QED) is 0.0630. The number of rotatable bonds is 9. The zero-order valence-electron chi connectivity index (χ0n) is 27.7. The van der Waals surface area contributed by atoms with E-state index in [1.807, 2.05) is 0 Å². The lowest BCUT2D eigenvalue weighted by Crippen LogP contribution is -2.62. The molecule has 1 aliphatic heterocycles. The zero-order chi connectivity index (χ0) is 41.3. The smallest absolute Gasteiger partial charge is 0.339 e. The molecule has 1 saturated heterocycles. The van der Waals surface area contributed by atoms with E-state index in [2.05, 4.69) is 0 Å². The minimum atomic E-state index is -2.43. The van der Waals surface area contributed by atoms with Crippen LogP contribution in [0.3, 0.4) is 0 Å². The Hall–Kier alpha value is -7.72. The number of phenols is 12. The minimum absolute atomic E-state index is 0.570. The molecule has 22 heteroatoms. The van der Waals surface area contributed by atoms with Gasteiger partial charge in [-0.2, -0.15) is 0 Å². The second kappa shape index (κ2) is 15.3. The molecule has 1 aliphatic rings. The van der Waals surface area contributed by atoms with Gasteiger partial charge in [0.05, 0.1) is 22.3 Å². The Morgan fingerprint density at radius 2 is 0.696 bits per heavy atom. The van der Waals surface area contributed by atoms with Crippen LogP contribution in [0.4, 0.5) is 0 Å². The number of aliphatic hydroxyl groups is 1. The molecule has 4 aromatic carbocycles. The van der Waals surface area contributed by atoms with Crippen molar-refractivity contribution in [3.05, 3.63) is 70.8 Å². The van der Waals surface area contributed by atoms with Crippen LogP contribution in [0.1, 0.15) is 41.4 Å². The van der Waals surface area contributed by atoms with E-state index in [0.29, 0.717) is 48.5 Å². The molecular formula is C34H28O22. The third-order valence-electron chi connectivity index (χ3n) is 7.94. The molecule has 2 unspecified atom stereocenters. The van der Waals surface area contributed by atoms with Crippen LogP contribution in [-0.2, 0) is 23.7 Å². The summed E-state index contributed by atoms with van der Waals surface area (Å²) >= 11 is 0. The normalized spacial score (nSPS) is 19.1.